The van der Waals surface area contributed by atoms with Gasteiger partial charge in [-0.15, -0.1) is 0 Å². The van der Waals surface area contributed by atoms with Crippen LogP contribution in [0.5, 0.6) is 0 Å². The third-order valence-electron chi connectivity index (χ3n) is 4.57. The highest BCUT2D eigenvalue weighted by atomic mass is 16.4. The number of aliphatic carboxylic acids is 1. The van der Waals surface area contributed by atoms with Gasteiger partial charge in [-0.25, -0.2) is 0 Å². The highest BCUT2D eigenvalue weighted by Gasteiger charge is 1.93. The van der Waals surface area contributed by atoms with Crippen LogP contribution in [-0.4, -0.2) is 11.1 Å². The van der Waals surface area contributed by atoms with Gasteiger partial charge < -0.3 is 5.11 Å². The lowest BCUT2D eigenvalue weighted by Crippen LogP contribution is -1.92. The second-order valence-electron chi connectivity index (χ2n) is 7.13. The minimum atomic E-state index is -0.696. The minimum Gasteiger partial charge on any atom is -0.481 e. The van der Waals surface area contributed by atoms with E-state index in [0.717, 1.165) is 25.7 Å². The summed E-state index contributed by atoms with van der Waals surface area (Å²) >= 11 is 0. The molecule has 0 saturated heterocycles. The van der Waals surface area contributed by atoms with Crippen molar-refractivity contribution in [3.05, 3.63) is 24.3 Å². The molecule has 25 heavy (non-hydrogen) atoms. The number of allylic oxidation sites excluding steroid dienone is 4. The summed E-state index contributed by atoms with van der Waals surface area (Å²) < 4.78 is 0. The molecule has 0 atom stereocenters. The molecule has 0 aromatic heterocycles. The summed E-state index contributed by atoms with van der Waals surface area (Å²) in [5.74, 6) is -0.696. The molecule has 0 unspecified atom stereocenters. The number of carboxylic acid groups (broad SMARTS) is 1. The summed E-state index contributed by atoms with van der Waals surface area (Å²) in [5.41, 5.74) is 0. The molecule has 0 spiro atoms. The number of hydrogen-bond donors (Lipinski definition) is 1. The molecule has 0 aliphatic rings. The van der Waals surface area contributed by atoms with Crippen LogP contribution in [0.2, 0.25) is 0 Å². The first kappa shape index (κ1) is 23.9. The van der Waals surface area contributed by atoms with Gasteiger partial charge in [0.1, 0.15) is 0 Å². The van der Waals surface area contributed by atoms with Crippen LogP contribution in [0.3, 0.4) is 0 Å². The van der Waals surface area contributed by atoms with Crippen molar-refractivity contribution in [3.8, 4) is 0 Å². The van der Waals surface area contributed by atoms with E-state index >= 15 is 0 Å². The van der Waals surface area contributed by atoms with Gasteiger partial charge >= 0.3 is 5.97 Å². The molecule has 0 rings (SSSR count). The van der Waals surface area contributed by atoms with Crippen LogP contribution in [0.15, 0.2) is 24.3 Å². The van der Waals surface area contributed by atoms with Gasteiger partial charge in [0, 0.05) is 6.42 Å². The highest BCUT2D eigenvalue weighted by molar-refractivity contribution is 5.66. The van der Waals surface area contributed by atoms with Crippen LogP contribution < -0.4 is 0 Å². The minimum absolute atomic E-state index is 0.281. The summed E-state index contributed by atoms with van der Waals surface area (Å²) in [6.07, 6.45) is 29.7. The van der Waals surface area contributed by atoms with Crippen molar-refractivity contribution in [1.82, 2.24) is 0 Å². The summed E-state index contributed by atoms with van der Waals surface area (Å²) in [5, 5.41) is 8.53. The molecule has 0 heterocycles. The van der Waals surface area contributed by atoms with Gasteiger partial charge in [0.15, 0.2) is 0 Å². The quantitative estimate of drug-likeness (QED) is 0.190. The Labute approximate surface area is 156 Å². The Morgan fingerprint density at radius 3 is 1.48 bits per heavy atom. The monoisotopic (exact) mass is 350 g/mol. The zero-order valence-corrected chi connectivity index (χ0v) is 16.7. The number of carboxylic acids is 1. The molecule has 0 aromatic carbocycles. The van der Waals surface area contributed by atoms with E-state index in [0.29, 0.717) is 0 Å². The highest BCUT2D eigenvalue weighted by Crippen LogP contribution is 2.12. The van der Waals surface area contributed by atoms with Crippen molar-refractivity contribution in [2.45, 2.75) is 116 Å². The maximum Gasteiger partial charge on any atom is 0.303 e. The van der Waals surface area contributed by atoms with Crippen LogP contribution in [0, 0.1) is 0 Å². The maximum atomic E-state index is 10.4. The van der Waals surface area contributed by atoms with Crippen molar-refractivity contribution in [2.75, 3.05) is 0 Å². The molecule has 2 nitrogen and oxygen atoms in total. The third kappa shape index (κ3) is 22.9. The summed E-state index contributed by atoms with van der Waals surface area (Å²) in [4.78, 5) is 10.4. The van der Waals surface area contributed by atoms with Gasteiger partial charge in [-0.3, -0.25) is 4.79 Å². The lowest BCUT2D eigenvalue weighted by Gasteiger charge is -2.01. The van der Waals surface area contributed by atoms with E-state index in [1.807, 2.05) is 0 Å². The van der Waals surface area contributed by atoms with E-state index < -0.39 is 5.97 Å². The molecule has 0 aliphatic carbocycles. The molecule has 0 aliphatic heterocycles. The van der Waals surface area contributed by atoms with Gasteiger partial charge in [-0.2, -0.15) is 0 Å². The van der Waals surface area contributed by atoms with Gasteiger partial charge in [0.05, 0.1) is 0 Å². The molecule has 0 radical (unpaired) electrons. The van der Waals surface area contributed by atoms with Gasteiger partial charge in [-0.1, -0.05) is 95.4 Å². The van der Waals surface area contributed by atoms with Crippen molar-refractivity contribution in [1.29, 1.82) is 0 Å². The predicted octanol–water partition coefficient (Wildman–Crippen LogP) is 7.84. The largest absolute Gasteiger partial charge is 0.481 e. The molecule has 1 N–H and O–H groups in total. The fourth-order valence-electron chi connectivity index (χ4n) is 2.96. The van der Waals surface area contributed by atoms with E-state index in [1.165, 1.54) is 77.0 Å². The SMILES string of the molecule is CCCCCCCCCCCCC/C=C/CC/C=C/CCCC(=O)O. The molecule has 0 saturated carbocycles. The number of unbranched alkanes of at least 4 members (excludes halogenated alkanes) is 13. The van der Waals surface area contributed by atoms with E-state index in [1.54, 1.807) is 0 Å². The number of carbonyl (C=O) groups is 1. The topological polar surface area (TPSA) is 37.3 Å². The predicted molar refractivity (Wildman–Crippen MR) is 110 cm³/mol. The van der Waals surface area contributed by atoms with Crippen LogP contribution in [-0.2, 0) is 4.79 Å². The Hall–Kier alpha value is -1.05. The summed E-state index contributed by atoms with van der Waals surface area (Å²) in [7, 11) is 0. The zero-order valence-electron chi connectivity index (χ0n) is 16.7. The first-order chi connectivity index (χ1) is 12.3. The average Bonchev–Trinajstić information content (AvgIpc) is 2.60. The maximum absolute atomic E-state index is 10.4. The van der Waals surface area contributed by atoms with Gasteiger partial charge in [0.25, 0.3) is 0 Å². The first-order valence-electron chi connectivity index (χ1n) is 10.8. The molecule has 0 fully saturated rings. The fourth-order valence-corrected chi connectivity index (χ4v) is 2.96. The van der Waals surface area contributed by atoms with E-state index in [4.69, 9.17) is 5.11 Å². The Balaban J connectivity index is 3.15. The van der Waals surface area contributed by atoms with E-state index in [-0.39, 0.29) is 6.42 Å². The number of rotatable bonds is 19. The van der Waals surface area contributed by atoms with Gasteiger partial charge in [0.2, 0.25) is 0 Å². The Bertz CT molecular complexity index is 331. The zero-order chi connectivity index (χ0) is 18.4. The molecule has 0 amide bonds. The van der Waals surface area contributed by atoms with E-state index in [2.05, 4.69) is 31.2 Å². The Kier molecular flexibility index (Phi) is 20.1. The lowest BCUT2D eigenvalue weighted by molar-refractivity contribution is -0.137. The Morgan fingerprint density at radius 1 is 0.600 bits per heavy atom. The number of hydrogen-bond acceptors (Lipinski definition) is 1. The van der Waals surface area contributed by atoms with E-state index in [9.17, 15) is 4.79 Å². The van der Waals surface area contributed by atoms with Crippen molar-refractivity contribution in [2.24, 2.45) is 0 Å². The second kappa shape index (κ2) is 21.0. The van der Waals surface area contributed by atoms with Crippen molar-refractivity contribution < 1.29 is 9.90 Å². The lowest BCUT2D eigenvalue weighted by atomic mass is 10.1. The molecule has 0 bridgehead atoms. The average molecular weight is 351 g/mol. The molecule has 146 valence electrons. The van der Waals surface area contributed by atoms with Crippen molar-refractivity contribution >= 4 is 5.97 Å². The molecular formula is C23H42O2. The van der Waals surface area contributed by atoms with Crippen molar-refractivity contribution in [3.63, 3.8) is 0 Å². The fraction of sp³-hybridized carbons (Fsp3) is 0.783. The van der Waals surface area contributed by atoms with Crippen LogP contribution >= 0.6 is 0 Å². The summed E-state index contributed by atoms with van der Waals surface area (Å²) in [6.45, 7) is 2.28. The van der Waals surface area contributed by atoms with Gasteiger partial charge in [-0.05, 0) is 38.5 Å². The van der Waals surface area contributed by atoms with Crippen LogP contribution in [0.25, 0.3) is 0 Å². The first-order valence-corrected chi connectivity index (χ1v) is 10.8. The van der Waals surface area contributed by atoms with Crippen LogP contribution in [0.4, 0.5) is 0 Å². The second-order valence-corrected chi connectivity index (χ2v) is 7.13. The van der Waals surface area contributed by atoms with Crippen LogP contribution in [0.1, 0.15) is 116 Å². The molecular weight excluding hydrogens is 308 g/mol. The molecule has 0 aromatic rings. The Morgan fingerprint density at radius 2 is 1.00 bits per heavy atom. The third-order valence-corrected chi connectivity index (χ3v) is 4.57. The normalized spacial score (nSPS) is 11.7. The molecule has 2 heteroatoms. The smallest absolute Gasteiger partial charge is 0.303 e. The standard InChI is InChI=1S/C23H42O2/c1-2-3-4-5-6-7-8-9-10-11-12-13-14-15-16-17-18-19-20-21-22-23(24)25/h14-15,18-19H,2-13,16-17,20-22H2,1H3,(H,24,25)/b15-14+,19-18+. The summed E-state index contributed by atoms with van der Waals surface area (Å²) in [6, 6.07) is 0.